The molecule has 0 saturated carbocycles. The first kappa shape index (κ1) is 15.9. The number of alkyl halides is 3. The van der Waals surface area contributed by atoms with Crippen LogP contribution in [0, 0.1) is 0 Å². The van der Waals surface area contributed by atoms with E-state index in [1.54, 1.807) is 13.8 Å². The Morgan fingerprint density at radius 1 is 1.19 bits per heavy atom. The van der Waals surface area contributed by atoms with Gasteiger partial charge in [-0.25, -0.2) is 0 Å². The molecule has 0 atom stereocenters. The molecular formula is C15H19F3N2O. The third kappa shape index (κ3) is 3.26. The molecule has 21 heavy (non-hydrogen) atoms. The summed E-state index contributed by atoms with van der Waals surface area (Å²) in [6.07, 6.45) is 0.573. The number of pyridine rings is 1. The summed E-state index contributed by atoms with van der Waals surface area (Å²) < 4.78 is 39.1. The number of piperidine rings is 1. The first-order valence-electron chi connectivity index (χ1n) is 7.05. The molecule has 0 radical (unpaired) electrons. The van der Waals surface area contributed by atoms with Gasteiger partial charge in [-0.2, -0.15) is 13.2 Å². The summed E-state index contributed by atoms with van der Waals surface area (Å²) in [4.78, 5) is 18.3. The predicted octanol–water partition coefficient (Wildman–Crippen LogP) is 3.55. The molecule has 1 fully saturated rings. The summed E-state index contributed by atoms with van der Waals surface area (Å²) >= 11 is 0. The van der Waals surface area contributed by atoms with Crippen molar-refractivity contribution < 1.29 is 18.0 Å². The normalized spacial score (nSPS) is 17.8. The number of hydrogen-bond acceptors (Lipinski definition) is 3. The summed E-state index contributed by atoms with van der Waals surface area (Å²) in [5.41, 5.74) is -2.21. The zero-order chi connectivity index (χ0) is 15.7. The maximum atomic E-state index is 13.0. The highest BCUT2D eigenvalue weighted by molar-refractivity contribution is 6.03. The summed E-state index contributed by atoms with van der Waals surface area (Å²) in [6, 6.07) is 0.861. The number of ketones is 1. The van der Waals surface area contributed by atoms with Gasteiger partial charge in [-0.05, 0) is 45.8 Å². The van der Waals surface area contributed by atoms with Gasteiger partial charge >= 0.3 is 6.18 Å². The molecule has 1 aliphatic rings. The van der Waals surface area contributed by atoms with Gasteiger partial charge in [-0.15, -0.1) is 0 Å². The largest absolute Gasteiger partial charge is 0.417 e. The van der Waals surface area contributed by atoms with Gasteiger partial charge in [0.1, 0.15) is 0 Å². The van der Waals surface area contributed by atoms with Gasteiger partial charge in [0, 0.05) is 12.4 Å². The summed E-state index contributed by atoms with van der Waals surface area (Å²) in [5, 5.41) is 0. The Morgan fingerprint density at radius 3 is 2.38 bits per heavy atom. The number of likely N-dealkylation sites (tertiary alicyclic amines) is 1. The van der Waals surface area contributed by atoms with Crippen molar-refractivity contribution in [3.8, 4) is 0 Å². The summed E-state index contributed by atoms with van der Waals surface area (Å²) in [6.45, 7) is 4.85. The minimum absolute atomic E-state index is 0.347. The van der Waals surface area contributed by atoms with E-state index in [0.29, 0.717) is 0 Å². The average molecular weight is 300 g/mol. The van der Waals surface area contributed by atoms with Gasteiger partial charge in [-0.3, -0.25) is 14.7 Å². The van der Waals surface area contributed by atoms with Gasteiger partial charge in [0.05, 0.1) is 16.7 Å². The van der Waals surface area contributed by atoms with Crippen LogP contribution < -0.4 is 0 Å². The van der Waals surface area contributed by atoms with E-state index in [4.69, 9.17) is 0 Å². The van der Waals surface area contributed by atoms with Gasteiger partial charge in [0.25, 0.3) is 0 Å². The zero-order valence-corrected chi connectivity index (χ0v) is 12.2. The maximum absolute atomic E-state index is 13.0. The predicted molar refractivity (Wildman–Crippen MR) is 73.1 cm³/mol. The fourth-order valence-electron chi connectivity index (χ4n) is 2.75. The Kier molecular flexibility index (Phi) is 4.37. The zero-order valence-electron chi connectivity index (χ0n) is 12.2. The molecule has 0 aromatic carbocycles. The lowest BCUT2D eigenvalue weighted by atomic mass is 9.88. The second kappa shape index (κ2) is 5.75. The van der Waals surface area contributed by atoms with Crippen LogP contribution in [0.3, 0.4) is 0 Å². The molecule has 2 heterocycles. The number of carbonyl (C=O) groups excluding carboxylic acids is 1. The number of Topliss-reactive ketones (excluding diaryl/α,β-unsaturated/α-hetero) is 1. The van der Waals surface area contributed by atoms with Crippen LogP contribution in [0.25, 0.3) is 0 Å². The second-order valence-electron chi connectivity index (χ2n) is 5.85. The lowest BCUT2D eigenvalue weighted by Gasteiger charge is -2.40. The van der Waals surface area contributed by atoms with E-state index in [1.807, 2.05) is 4.90 Å². The van der Waals surface area contributed by atoms with E-state index in [9.17, 15) is 18.0 Å². The van der Waals surface area contributed by atoms with Crippen LogP contribution in [0.2, 0.25) is 0 Å². The standard InChI is InChI=1S/C15H19F3N2O/c1-14(2,20-8-4-3-5-9-20)13(21)11-10-19-7-6-12(11)15(16,17)18/h6-7,10H,3-5,8-9H2,1-2H3. The van der Waals surface area contributed by atoms with Gasteiger partial charge in [0.15, 0.2) is 5.78 Å². The molecule has 0 spiro atoms. The van der Waals surface area contributed by atoms with Crippen molar-refractivity contribution in [2.75, 3.05) is 13.1 Å². The van der Waals surface area contributed by atoms with E-state index < -0.39 is 23.1 Å². The molecule has 0 aliphatic carbocycles. The van der Waals surface area contributed by atoms with E-state index >= 15 is 0 Å². The fraction of sp³-hybridized carbons (Fsp3) is 0.600. The van der Waals surface area contributed by atoms with Crippen LogP contribution in [0.1, 0.15) is 49.0 Å². The van der Waals surface area contributed by atoms with Gasteiger partial charge in [0.2, 0.25) is 0 Å². The molecule has 0 amide bonds. The molecule has 2 rings (SSSR count). The van der Waals surface area contributed by atoms with E-state index in [1.165, 1.54) is 0 Å². The van der Waals surface area contributed by atoms with Crippen LogP contribution in [0.15, 0.2) is 18.5 Å². The Labute approximate surface area is 122 Å². The van der Waals surface area contributed by atoms with Crippen molar-refractivity contribution in [1.82, 2.24) is 9.88 Å². The Morgan fingerprint density at radius 2 is 1.81 bits per heavy atom. The highest BCUT2D eigenvalue weighted by atomic mass is 19.4. The molecule has 0 unspecified atom stereocenters. The Balaban J connectivity index is 2.35. The van der Waals surface area contributed by atoms with Crippen molar-refractivity contribution in [1.29, 1.82) is 0 Å². The van der Waals surface area contributed by atoms with E-state index in [2.05, 4.69) is 4.98 Å². The number of halogens is 3. The number of rotatable bonds is 3. The Bertz CT molecular complexity index is 520. The van der Waals surface area contributed by atoms with Crippen LogP contribution in [0.5, 0.6) is 0 Å². The smallest absolute Gasteiger partial charge is 0.292 e. The Hall–Kier alpha value is -1.43. The number of hydrogen-bond donors (Lipinski definition) is 0. The molecule has 116 valence electrons. The van der Waals surface area contributed by atoms with Gasteiger partial charge in [-0.1, -0.05) is 6.42 Å². The third-order valence-corrected chi connectivity index (χ3v) is 4.07. The topological polar surface area (TPSA) is 33.2 Å². The van der Waals surface area contributed by atoms with Crippen LogP contribution in [0.4, 0.5) is 13.2 Å². The third-order valence-electron chi connectivity index (χ3n) is 4.07. The van der Waals surface area contributed by atoms with Crippen molar-refractivity contribution >= 4 is 5.78 Å². The lowest BCUT2D eigenvalue weighted by Crippen LogP contribution is -2.52. The molecule has 0 N–H and O–H groups in total. The molecule has 1 aliphatic heterocycles. The molecule has 3 nitrogen and oxygen atoms in total. The average Bonchev–Trinajstić information content (AvgIpc) is 2.46. The number of nitrogens with zero attached hydrogens (tertiary/aromatic N) is 2. The molecule has 1 aromatic heterocycles. The number of aromatic nitrogens is 1. The maximum Gasteiger partial charge on any atom is 0.417 e. The van der Waals surface area contributed by atoms with Crippen molar-refractivity contribution in [3.05, 3.63) is 29.6 Å². The molecular weight excluding hydrogens is 281 g/mol. The second-order valence-corrected chi connectivity index (χ2v) is 5.85. The summed E-state index contributed by atoms with van der Waals surface area (Å²) in [7, 11) is 0. The lowest BCUT2D eigenvalue weighted by molar-refractivity contribution is -0.138. The van der Waals surface area contributed by atoms with E-state index in [0.717, 1.165) is 50.8 Å². The van der Waals surface area contributed by atoms with Crippen LogP contribution >= 0.6 is 0 Å². The van der Waals surface area contributed by atoms with E-state index in [-0.39, 0.29) is 5.56 Å². The minimum Gasteiger partial charge on any atom is -0.292 e. The van der Waals surface area contributed by atoms with Gasteiger partial charge < -0.3 is 0 Å². The minimum atomic E-state index is -4.55. The first-order valence-corrected chi connectivity index (χ1v) is 7.05. The summed E-state index contributed by atoms with van der Waals surface area (Å²) in [5.74, 6) is -0.523. The fourth-order valence-corrected chi connectivity index (χ4v) is 2.75. The highest BCUT2D eigenvalue weighted by Gasteiger charge is 2.41. The molecule has 1 aromatic rings. The highest BCUT2D eigenvalue weighted by Crippen LogP contribution is 2.34. The van der Waals surface area contributed by atoms with Crippen molar-refractivity contribution in [2.45, 2.75) is 44.8 Å². The first-order chi connectivity index (χ1) is 9.74. The van der Waals surface area contributed by atoms with Crippen LogP contribution in [-0.2, 0) is 6.18 Å². The van der Waals surface area contributed by atoms with Crippen molar-refractivity contribution in [3.63, 3.8) is 0 Å². The molecule has 0 bridgehead atoms. The molecule has 1 saturated heterocycles. The molecule has 6 heteroatoms. The number of carbonyl (C=O) groups is 1. The van der Waals surface area contributed by atoms with Crippen LogP contribution in [-0.4, -0.2) is 34.3 Å². The monoisotopic (exact) mass is 300 g/mol. The SMILES string of the molecule is CC(C)(C(=O)c1cnccc1C(F)(F)F)N1CCCCC1. The van der Waals surface area contributed by atoms with Crippen molar-refractivity contribution in [2.24, 2.45) is 0 Å². The quantitative estimate of drug-likeness (QED) is 0.800.